The second kappa shape index (κ2) is 8.45. The lowest BCUT2D eigenvalue weighted by Crippen LogP contribution is -2.39. The predicted octanol–water partition coefficient (Wildman–Crippen LogP) is 5.29. The first-order valence-electron chi connectivity index (χ1n) is 12.5. The van der Waals surface area contributed by atoms with E-state index in [1.807, 2.05) is 0 Å². The van der Waals surface area contributed by atoms with Gasteiger partial charge < -0.3 is 0 Å². The molecule has 0 nitrogen and oxygen atoms in total. The molecule has 0 saturated heterocycles. The van der Waals surface area contributed by atoms with Crippen LogP contribution in [0, 0.1) is 58.4 Å². The molecule has 8 heteroatoms. The summed E-state index contributed by atoms with van der Waals surface area (Å²) in [6.07, 6.45) is 6.50. The maximum Gasteiger partial charge on any atom is 0.198 e. The fourth-order valence-electron chi connectivity index (χ4n) is 6.88. The Morgan fingerprint density at radius 2 is 0.611 bits per heavy atom. The Labute approximate surface area is 201 Å². The zero-order chi connectivity index (χ0) is 25.5. The van der Waals surface area contributed by atoms with Crippen molar-refractivity contribution in [3.8, 4) is 0 Å². The summed E-state index contributed by atoms with van der Waals surface area (Å²) in [5.74, 6) is -15.5. The first kappa shape index (κ1) is 23.7. The normalized spacial score (nSPS) is 20.3. The van der Waals surface area contributed by atoms with Gasteiger partial charge in [0.1, 0.15) is 0 Å². The molecule has 0 N–H and O–H groups in total. The summed E-state index contributed by atoms with van der Waals surface area (Å²) in [4.78, 5) is 0. The summed E-state index contributed by atoms with van der Waals surface area (Å²) >= 11 is 0. The van der Waals surface area contributed by atoms with E-state index in [2.05, 4.69) is 0 Å². The fourth-order valence-corrected chi connectivity index (χ4v) is 6.88. The van der Waals surface area contributed by atoms with Crippen molar-refractivity contribution in [1.29, 1.82) is 0 Å². The quantitative estimate of drug-likeness (QED) is 0.293. The lowest BCUT2D eigenvalue weighted by atomic mass is 9.77. The van der Waals surface area contributed by atoms with Gasteiger partial charge in [-0.2, -0.15) is 0 Å². The smallest absolute Gasteiger partial charge is 0.198 e. The highest BCUT2D eigenvalue weighted by molar-refractivity contribution is 6.27. The van der Waals surface area contributed by atoms with Crippen molar-refractivity contribution in [3.63, 3.8) is 0 Å². The molecule has 0 radical (unpaired) electrons. The molecule has 2 fully saturated rings. The van der Waals surface area contributed by atoms with E-state index in [1.165, 1.54) is 0 Å². The second-order valence-electron chi connectivity index (χ2n) is 10.3. The van der Waals surface area contributed by atoms with Gasteiger partial charge >= 0.3 is 0 Å². The molecule has 2 aromatic carbocycles. The molecule has 0 bridgehead atoms. The van der Waals surface area contributed by atoms with Gasteiger partial charge in [0.2, 0.25) is 0 Å². The van der Waals surface area contributed by atoms with Crippen LogP contribution in [0.5, 0.6) is 0 Å². The van der Waals surface area contributed by atoms with Gasteiger partial charge in [-0.3, -0.25) is 0 Å². The molecule has 4 aliphatic carbocycles. The number of hydrogen-bond acceptors (Lipinski definition) is 0. The molecule has 0 aromatic heterocycles. The maximum atomic E-state index is 15.5. The predicted molar refractivity (Wildman–Crippen MR) is 118 cm³/mol. The monoisotopic (exact) mass is 510 g/mol. The highest BCUT2D eigenvalue weighted by Gasteiger charge is 2.41. The van der Waals surface area contributed by atoms with Crippen LogP contribution in [0.4, 0.5) is 35.1 Å². The molecule has 0 unspecified atom stereocenters. The molecule has 0 spiro atoms. The first-order chi connectivity index (χ1) is 17.3. The van der Waals surface area contributed by atoms with Gasteiger partial charge in [-0.25, -0.2) is 35.1 Å². The van der Waals surface area contributed by atoms with E-state index in [0.29, 0.717) is 51.4 Å². The van der Waals surface area contributed by atoms with Gasteiger partial charge in [-0.1, -0.05) is 38.5 Å². The Morgan fingerprint density at radius 1 is 0.333 bits per heavy atom. The van der Waals surface area contributed by atoms with Crippen LogP contribution in [-0.4, -0.2) is 0 Å². The summed E-state index contributed by atoms with van der Waals surface area (Å²) in [6, 6.07) is 0. The Kier molecular flexibility index (Phi) is 5.57. The van der Waals surface area contributed by atoms with Gasteiger partial charge in [0.05, 0.1) is 0 Å². The third-order valence-electron chi connectivity index (χ3n) is 8.39. The van der Waals surface area contributed by atoms with Crippen LogP contribution in [0.1, 0.15) is 64.2 Å². The molecule has 0 aliphatic heterocycles. The van der Waals surface area contributed by atoms with Crippen molar-refractivity contribution in [1.82, 2.24) is 0 Å². The van der Waals surface area contributed by atoms with Crippen LogP contribution in [0.15, 0.2) is 0 Å². The van der Waals surface area contributed by atoms with Crippen LogP contribution in [0.3, 0.4) is 0 Å². The number of rotatable bonds is 2. The largest absolute Gasteiger partial charge is 0.203 e. The molecule has 36 heavy (non-hydrogen) atoms. The van der Waals surface area contributed by atoms with Gasteiger partial charge in [0.15, 0.2) is 46.5 Å². The summed E-state index contributed by atoms with van der Waals surface area (Å²) in [6.45, 7) is 0. The molecule has 4 aliphatic rings. The van der Waals surface area contributed by atoms with Crippen LogP contribution in [0.2, 0.25) is 0 Å². The number of halogens is 8. The topological polar surface area (TPSA) is 0 Å². The Hall–Kier alpha value is -2.64. The minimum absolute atomic E-state index is 0.0337. The molecular weight excluding hydrogens is 488 g/mol. The average Bonchev–Trinajstić information content (AvgIpc) is 3.42. The third kappa shape index (κ3) is 3.05. The van der Waals surface area contributed by atoms with Gasteiger partial charge in [0.25, 0.3) is 0 Å². The van der Waals surface area contributed by atoms with Crippen molar-refractivity contribution in [2.45, 2.75) is 64.2 Å². The summed E-state index contributed by atoms with van der Waals surface area (Å²) < 4.78 is 120. The molecule has 6 rings (SSSR count). The zero-order valence-electron chi connectivity index (χ0n) is 19.2. The maximum absolute atomic E-state index is 15.5. The highest BCUT2D eigenvalue weighted by atomic mass is 19.2. The molecule has 0 amide bonds. The average molecular weight is 510 g/mol. The molecule has 2 aromatic rings. The van der Waals surface area contributed by atoms with E-state index in [4.69, 9.17) is 0 Å². The van der Waals surface area contributed by atoms with Crippen molar-refractivity contribution >= 4 is 22.3 Å². The van der Waals surface area contributed by atoms with Crippen molar-refractivity contribution in [2.24, 2.45) is 11.8 Å². The van der Waals surface area contributed by atoms with E-state index in [1.54, 1.807) is 0 Å². The van der Waals surface area contributed by atoms with Crippen LogP contribution < -0.4 is 20.9 Å². The van der Waals surface area contributed by atoms with E-state index in [-0.39, 0.29) is 22.3 Å². The number of fused-ring (bicyclic) bond motifs is 3. The summed E-state index contributed by atoms with van der Waals surface area (Å²) in [5.41, 5.74) is -0.228. The number of benzene rings is 2. The lowest BCUT2D eigenvalue weighted by Gasteiger charge is -2.27. The SMILES string of the molecule is Fc1c(F)c(F)c2c(c1F)=C1C(=c3c(F)c(F)c(F)c(F)c3=C1C1CCCCC1)C=2C1CCCCC1. The van der Waals surface area contributed by atoms with Gasteiger partial charge in [-0.15, -0.1) is 0 Å². The second-order valence-corrected chi connectivity index (χ2v) is 10.3. The van der Waals surface area contributed by atoms with Crippen molar-refractivity contribution in [2.75, 3.05) is 0 Å². The van der Waals surface area contributed by atoms with Gasteiger partial charge in [0, 0.05) is 20.9 Å². The summed E-state index contributed by atoms with van der Waals surface area (Å²) in [7, 11) is 0. The minimum Gasteiger partial charge on any atom is -0.203 e. The molecule has 0 heterocycles. The van der Waals surface area contributed by atoms with E-state index in [9.17, 15) is 17.6 Å². The van der Waals surface area contributed by atoms with Crippen LogP contribution >= 0.6 is 0 Å². The molecular formula is C28H22F8. The first-order valence-corrected chi connectivity index (χ1v) is 12.5. The standard InChI is InChI=1S/C28H22F8/c29-21-17-13(11-7-3-1-4-8-11)15-16(20(17)24(32)28(36)25(21)33)14(12-9-5-2-6-10-12)18-19(15)23(31)27(35)26(34)22(18)30/h11-12H,1-10H2. The Bertz CT molecular complexity index is 1450. The molecule has 190 valence electrons. The van der Waals surface area contributed by atoms with Crippen LogP contribution in [-0.2, 0) is 0 Å². The molecule has 0 atom stereocenters. The number of hydrogen-bond donors (Lipinski definition) is 0. The molecule has 2 saturated carbocycles. The van der Waals surface area contributed by atoms with Gasteiger partial charge in [-0.05, 0) is 59.8 Å². The Morgan fingerprint density at radius 3 is 0.917 bits per heavy atom. The van der Waals surface area contributed by atoms with Crippen molar-refractivity contribution in [3.05, 3.63) is 67.4 Å². The zero-order valence-corrected chi connectivity index (χ0v) is 19.2. The van der Waals surface area contributed by atoms with E-state index < -0.39 is 79.2 Å². The summed E-state index contributed by atoms with van der Waals surface area (Å²) in [5, 5.41) is -2.21. The van der Waals surface area contributed by atoms with Crippen LogP contribution in [0.25, 0.3) is 22.3 Å². The highest BCUT2D eigenvalue weighted by Crippen LogP contribution is 2.46. The van der Waals surface area contributed by atoms with E-state index in [0.717, 1.165) is 12.8 Å². The van der Waals surface area contributed by atoms with E-state index >= 15 is 17.6 Å². The Balaban J connectivity index is 1.89. The lowest BCUT2D eigenvalue weighted by molar-refractivity contribution is 0.397. The van der Waals surface area contributed by atoms with Crippen molar-refractivity contribution < 1.29 is 35.1 Å². The third-order valence-corrected chi connectivity index (χ3v) is 8.39. The fraction of sp³-hybridized carbons (Fsp3) is 0.429. The minimum atomic E-state index is -2.03.